The molecular weight excluding hydrogens is 772 g/mol. The Morgan fingerprint density at radius 1 is 0.771 bits per heavy atom. The summed E-state index contributed by atoms with van der Waals surface area (Å²) in [7, 11) is 0. The normalized spacial score (nSPS) is 11.7. The molecule has 254 valence electrons. The van der Waals surface area contributed by atoms with Crippen molar-refractivity contribution in [2.24, 2.45) is 0 Å². The van der Waals surface area contributed by atoms with Crippen LogP contribution in [0.3, 0.4) is 0 Å². The second kappa shape index (κ2) is 20.2. The van der Waals surface area contributed by atoms with Crippen molar-refractivity contribution in [1.29, 1.82) is 0 Å². The van der Waals surface area contributed by atoms with Gasteiger partial charge >= 0.3 is 11.9 Å². The Balaban J connectivity index is 0.000000431. The van der Waals surface area contributed by atoms with Crippen LogP contribution in [0, 0.1) is 0 Å². The van der Waals surface area contributed by atoms with Crippen LogP contribution in [0.5, 0.6) is 0 Å². The first kappa shape index (κ1) is 38.2. The van der Waals surface area contributed by atoms with Crippen molar-refractivity contribution in [2.45, 2.75) is 67.8 Å². The van der Waals surface area contributed by atoms with Gasteiger partial charge in [-0.05, 0) is 67.3 Å². The number of halogens is 2. The summed E-state index contributed by atoms with van der Waals surface area (Å²) in [5, 5.41) is 15.7. The molecule has 0 saturated carbocycles. The smallest absolute Gasteiger partial charge is 0.313 e. The van der Waals surface area contributed by atoms with Gasteiger partial charge in [0.15, 0.2) is 47.9 Å². The molecule has 0 spiro atoms. The number of anilines is 2. The number of nitrogens with zero attached hydrogens (tertiary/aromatic N) is 6. The van der Waals surface area contributed by atoms with E-state index in [9.17, 15) is 19.2 Å². The van der Waals surface area contributed by atoms with Gasteiger partial charge in [0.1, 0.15) is 12.8 Å². The van der Waals surface area contributed by atoms with E-state index in [0.717, 1.165) is 5.69 Å². The van der Waals surface area contributed by atoms with Crippen LogP contribution in [-0.2, 0) is 41.7 Å². The molecule has 48 heavy (non-hydrogen) atoms. The molecule has 3 heterocycles. The number of carbonyl (C=O) groups is 4. The van der Waals surface area contributed by atoms with Gasteiger partial charge in [0.05, 0.1) is 17.1 Å². The van der Waals surface area contributed by atoms with Gasteiger partial charge in [-0.15, -0.1) is 17.7 Å². The lowest BCUT2D eigenvalue weighted by molar-refractivity contribution is -0.696. The molecule has 3 aromatic heterocycles. The van der Waals surface area contributed by atoms with E-state index in [1.807, 2.05) is 39.5 Å². The minimum atomic E-state index is -0.506. The number of hydrogen-bond donors (Lipinski definition) is 3. The van der Waals surface area contributed by atoms with Gasteiger partial charge in [0, 0.05) is 38.1 Å². The molecule has 0 aliphatic carbocycles. The van der Waals surface area contributed by atoms with Crippen LogP contribution in [0.25, 0.3) is 5.69 Å². The molecule has 2 unspecified atom stereocenters. The Morgan fingerprint density at radius 3 is 1.58 bits per heavy atom. The van der Waals surface area contributed by atoms with Crippen LogP contribution < -0.4 is 19.8 Å². The summed E-state index contributed by atoms with van der Waals surface area (Å²) in [6, 6.07) is 16.6. The molecule has 14 nitrogen and oxygen atoms in total. The fourth-order valence-electron chi connectivity index (χ4n) is 3.93. The Kier molecular flexibility index (Phi) is 16.1. The van der Waals surface area contributed by atoms with Crippen LogP contribution in [0.1, 0.15) is 39.5 Å². The molecule has 0 fully saturated rings. The Labute approximate surface area is 299 Å². The molecule has 0 bridgehead atoms. The largest absolute Gasteiger partial charge is 0.451 e. The van der Waals surface area contributed by atoms with Crippen molar-refractivity contribution in [1.82, 2.24) is 20.2 Å². The number of carbonyl (C=O) groups excluding carboxylic acids is 4. The number of ether oxygens (including phenoxy) is 2. The molecule has 4 rings (SSSR count). The van der Waals surface area contributed by atoms with E-state index in [4.69, 9.17) is 9.47 Å². The number of amides is 2. The van der Waals surface area contributed by atoms with E-state index in [-0.39, 0.29) is 36.6 Å². The Bertz CT molecular complexity index is 1540. The first-order valence-electron chi connectivity index (χ1n) is 14.7. The maximum Gasteiger partial charge on any atom is 0.313 e. The molecule has 1 aromatic carbocycles. The van der Waals surface area contributed by atoms with E-state index in [1.54, 1.807) is 53.7 Å². The number of thiol groups is 1. The number of hydrogen-bond acceptors (Lipinski definition) is 10. The molecule has 0 saturated heterocycles. The Morgan fingerprint density at radius 2 is 1.21 bits per heavy atom. The standard InChI is InChI=1S/C24H28Br2N4O6.C7H6N4S/c1-17(31)27-19-5-11-29(12-6-19)15-9-23(33)35-21(25)3-4-22(26)36-24(34)10-16-30-13-7-20(8-14-30)28-18(2)32;12-7-8-9-10-11(7)6-4-2-1-3-5-6/h5-8,11-14,21-22H,3-4,9-10,15-16H2,1-2H3;1-5H,(H,8,10,12)/p+2. The van der Waals surface area contributed by atoms with Crippen LogP contribution >= 0.6 is 44.5 Å². The first-order chi connectivity index (χ1) is 23.0. The summed E-state index contributed by atoms with van der Waals surface area (Å²) in [5.41, 5.74) is 2.28. The lowest BCUT2D eigenvalue weighted by Gasteiger charge is -2.14. The van der Waals surface area contributed by atoms with Crippen LogP contribution in [0.4, 0.5) is 11.4 Å². The minimum absolute atomic E-state index is 0.148. The minimum Gasteiger partial charge on any atom is -0.451 e. The molecule has 2 N–H and O–H groups in total. The van der Waals surface area contributed by atoms with E-state index in [1.165, 1.54) is 13.8 Å². The number of esters is 2. The van der Waals surface area contributed by atoms with E-state index < -0.39 is 10.0 Å². The lowest BCUT2D eigenvalue weighted by Crippen LogP contribution is -2.34. The first-order valence-corrected chi connectivity index (χ1v) is 17.0. The number of aromatic nitrogens is 6. The van der Waals surface area contributed by atoms with Gasteiger partial charge in [0.2, 0.25) is 17.0 Å². The SMILES string of the molecule is CC(=O)Nc1cc[n+](CCC(=O)OC(Br)CCC(Br)OC(=O)CC[n+]2ccc(NC(C)=O)cc2)cc1.Sc1nnnn1-c1ccccc1. The number of alkyl halides is 2. The highest BCUT2D eigenvalue weighted by atomic mass is 79.9. The maximum atomic E-state index is 12.1. The van der Waals surface area contributed by atoms with Gasteiger partial charge in [-0.3, -0.25) is 19.2 Å². The third kappa shape index (κ3) is 14.7. The van der Waals surface area contributed by atoms with Crippen LogP contribution in [-0.4, -0.2) is 54.0 Å². The third-order valence-electron chi connectivity index (χ3n) is 6.16. The van der Waals surface area contributed by atoms with Crippen molar-refractivity contribution in [3.05, 3.63) is 79.4 Å². The van der Waals surface area contributed by atoms with Crippen molar-refractivity contribution in [3.8, 4) is 5.69 Å². The highest BCUT2D eigenvalue weighted by molar-refractivity contribution is 9.09. The molecule has 0 aliphatic heterocycles. The van der Waals surface area contributed by atoms with Gasteiger partial charge in [0.25, 0.3) is 0 Å². The predicted octanol–water partition coefficient (Wildman–Crippen LogP) is 3.92. The quantitative estimate of drug-likeness (QED) is 0.0743. The third-order valence-corrected chi connectivity index (χ3v) is 7.73. The van der Waals surface area contributed by atoms with E-state index in [2.05, 4.69) is 70.6 Å². The highest BCUT2D eigenvalue weighted by Gasteiger charge is 2.18. The van der Waals surface area contributed by atoms with Gasteiger partial charge in [-0.1, -0.05) is 18.2 Å². The number of rotatable bonds is 14. The zero-order chi connectivity index (χ0) is 34.9. The van der Waals surface area contributed by atoms with Crippen LogP contribution in [0.2, 0.25) is 0 Å². The second-order valence-electron chi connectivity index (χ2n) is 10.1. The van der Waals surface area contributed by atoms with E-state index >= 15 is 0 Å². The topological polar surface area (TPSA) is 162 Å². The average Bonchev–Trinajstić information content (AvgIpc) is 3.49. The summed E-state index contributed by atoms with van der Waals surface area (Å²) in [5.74, 6) is -1.02. The second-order valence-corrected chi connectivity index (χ2v) is 12.6. The summed E-state index contributed by atoms with van der Waals surface area (Å²) in [6.07, 6.45) is 8.35. The number of aryl methyl sites for hydroxylation is 2. The molecular formula is C31H36Br2N8O6S+2. The van der Waals surface area contributed by atoms with Gasteiger partial charge in [-0.2, -0.15) is 4.68 Å². The molecule has 0 aliphatic rings. The van der Waals surface area contributed by atoms with Gasteiger partial charge < -0.3 is 20.1 Å². The van der Waals surface area contributed by atoms with Crippen molar-refractivity contribution in [2.75, 3.05) is 10.6 Å². The lowest BCUT2D eigenvalue weighted by atomic mass is 10.3. The highest BCUT2D eigenvalue weighted by Crippen LogP contribution is 2.18. The molecule has 17 heteroatoms. The molecule has 4 aromatic rings. The maximum absolute atomic E-state index is 12.1. The molecule has 2 atom stereocenters. The average molecular weight is 809 g/mol. The predicted molar refractivity (Wildman–Crippen MR) is 184 cm³/mol. The number of para-hydroxylation sites is 1. The fourth-order valence-corrected chi connectivity index (χ4v) is 5.07. The number of nitrogens with one attached hydrogen (secondary N) is 2. The number of pyridine rings is 2. The zero-order valence-corrected chi connectivity index (χ0v) is 30.3. The zero-order valence-electron chi connectivity index (χ0n) is 26.2. The summed E-state index contributed by atoms with van der Waals surface area (Å²) in [6.45, 7) is 3.75. The molecule has 2 amide bonds. The Hall–Kier alpha value is -4.22. The molecule has 0 radical (unpaired) electrons. The monoisotopic (exact) mass is 806 g/mol. The van der Waals surface area contributed by atoms with Crippen molar-refractivity contribution < 1.29 is 37.8 Å². The number of tetrazole rings is 1. The number of benzene rings is 1. The van der Waals surface area contributed by atoms with Gasteiger partial charge in [-0.25, -0.2) is 9.13 Å². The summed E-state index contributed by atoms with van der Waals surface area (Å²) in [4.78, 5) is 46.3. The fraction of sp³-hybridized carbons (Fsp3) is 0.323. The van der Waals surface area contributed by atoms with Crippen molar-refractivity contribution >= 4 is 79.6 Å². The van der Waals surface area contributed by atoms with E-state index in [0.29, 0.717) is 42.5 Å². The van der Waals surface area contributed by atoms with Crippen LogP contribution in [0.15, 0.2) is 84.5 Å². The summed E-state index contributed by atoms with van der Waals surface area (Å²) >= 11 is 10.8. The summed E-state index contributed by atoms with van der Waals surface area (Å²) < 4.78 is 15.9. The van der Waals surface area contributed by atoms with Crippen molar-refractivity contribution in [3.63, 3.8) is 0 Å².